The van der Waals surface area contributed by atoms with Crippen molar-refractivity contribution in [3.63, 3.8) is 0 Å². The number of halogens is 6. The van der Waals surface area contributed by atoms with E-state index in [1.807, 2.05) is 43.6 Å². The fourth-order valence-corrected chi connectivity index (χ4v) is 8.58. The number of aromatic amines is 1. The lowest BCUT2D eigenvalue weighted by Crippen LogP contribution is -2.30. The van der Waals surface area contributed by atoms with Crippen LogP contribution in [0, 0.1) is 0 Å². The van der Waals surface area contributed by atoms with Crippen LogP contribution in [-0.4, -0.2) is 75.9 Å². The first-order chi connectivity index (χ1) is 23.9. The largest absolute Gasteiger partial charge is 0.490 e. The van der Waals surface area contributed by atoms with Crippen molar-refractivity contribution in [3.8, 4) is 10.7 Å². The number of hydrogen-bond donors (Lipinski definition) is 3. The minimum Gasteiger partial charge on any atom is -0.475 e. The van der Waals surface area contributed by atoms with Crippen LogP contribution in [0.25, 0.3) is 21.6 Å². The van der Waals surface area contributed by atoms with Crippen LogP contribution < -0.4 is 4.31 Å². The van der Waals surface area contributed by atoms with Crippen molar-refractivity contribution >= 4 is 61.2 Å². The van der Waals surface area contributed by atoms with Gasteiger partial charge in [-0.1, -0.05) is 24.3 Å². The number of anilines is 1. The number of carboxylic acid groups (broad SMARTS) is 2. The number of nitrogens with one attached hydrogen (secondary N) is 1. The summed E-state index contributed by atoms with van der Waals surface area (Å²) in [6.45, 7) is 4.09. The lowest BCUT2D eigenvalue weighted by molar-refractivity contribution is -0.193. The summed E-state index contributed by atoms with van der Waals surface area (Å²) >= 11 is 2.91. The summed E-state index contributed by atoms with van der Waals surface area (Å²) in [5, 5.41) is 17.9. The molecule has 0 radical (unpaired) electrons. The van der Waals surface area contributed by atoms with Crippen molar-refractivity contribution in [2.75, 3.05) is 17.4 Å². The number of aromatic nitrogens is 3. The Morgan fingerprint density at radius 1 is 1.00 bits per heavy atom. The molecule has 20 heteroatoms. The predicted molar refractivity (Wildman–Crippen MR) is 178 cm³/mol. The molecule has 5 heterocycles. The first kappa shape index (κ1) is 39.3. The summed E-state index contributed by atoms with van der Waals surface area (Å²) in [6, 6.07) is 17.7. The van der Waals surface area contributed by atoms with Crippen LogP contribution in [0.2, 0.25) is 0 Å². The maximum absolute atomic E-state index is 13.3. The fourth-order valence-electron chi connectivity index (χ4n) is 5.08. The van der Waals surface area contributed by atoms with Crippen molar-refractivity contribution < 1.29 is 54.6 Å². The van der Waals surface area contributed by atoms with Gasteiger partial charge in [-0.05, 0) is 62.0 Å². The summed E-state index contributed by atoms with van der Waals surface area (Å²) in [4.78, 5) is 34.3. The number of thiazole rings is 1. The third-order valence-corrected chi connectivity index (χ3v) is 11.5. The van der Waals surface area contributed by atoms with Gasteiger partial charge in [-0.3, -0.25) is 14.2 Å². The maximum atomic E-state index is 13.3. The second kappa shape index (κ2) is 16.2. The number of para-hydroxylation sites is 1. The Balaban J connectivity index is 0.000000353. The molecule has 1 unspecified atom stereocenters. The summed E-state index contributed by atoms with van der Waals surface area (Å²) in [5.74, 6) is -5.51. The van der Waals surface area contributed by atoms with Crippen LogP contribution in [0.5, 0.6) is 0 Å². The minimum atomic E-state index is -5.08. The normalized spacial score (nSPS) is 15.1. The average molecular weight is 778 g/mol. The van der Waals surface area contributed by atoms with Gasteiger partial charge in [0.05, 0.1) is 28.6 Å². The van der Waals surface area contributed by atoms with E-state index in [0.29, 0.717) is 22.5 Å². The molecule has 1 aliphatic rings. The van der Waals surface area contributed by atoms with E-state index in [2.05, 4.69) is 33.1 Å². The summed E-state index contributed by atoms with van der Waals surface area (Å²) < 4.78 is 92.0. The van der Waals surface area contributed by atoms with E-state index < -0.39 is 34.3 Å². The van der Waals surface area contributed by atoms with Crippen LogP contribution in [0.3, 0.4) is 0 Å². The van der Waals surface area contributed by atoms with Gasteiger partial charge in [0.15, 0.2) is 0 Å². The Bertz CT molecular complexity index is 2010. The molecule has 1 saturated heterocycles. The standard InChI is InChI=1S/C27H27N5O2S3.2C2HF3O2/c1-2-32(37(33,34)25-12-7-15-35-25)24-10-5-8-19-16-22(30-26(19)24)27-29-17-20(36-27)18-31-14-6-11-23(31)21-9-3-4-13-28-21;2*3-2(4,5)1(6)7/h3-5,7-10,12-13,15-17,23,30H,2,6,11,14,18H2,1H3;2*(H,6,7). The average Bonchev–Trinajstić information content (AvgIpc) is 3.89. The molecule has 1 atom stereocenters. The molecule has 1 fully saturated rings. The monoisotopic (exact) mass is 777 g/mol. The van der Waals surface area contributed by atoms with Gasteiger partial charge >= 0.3 is 24.3 Å². The molecular weight excluding hydrogens is 749 g/mol. The van der Waals surface area contributed by atoms with E-state index in [9.17, 15) is 34.8 Å². The number of nitrogens with zero attached hydrogens (tertiary/aromatic N) is 4. The molecule has 0 spiro atoms. The van der Waals surface area contributed by atoms with E-state index >= 15 is 0 Å². The predicted octanol–water partition coefficient (Wildman–Crippen LogP) is 7.57. The number of sulfonamides is 1. The molecule has 11 nitrogen and oxygen atoms in total. The topological polar surface area (TPSA) is 157 Å². The van der Waals surface area contributed by atoms with Crippen molar-refractivity contribution in [1.29, 1.82) is 0 Å². The molecule has 0 saturated carbocycles. The molecule has 4 aromatic heterocycles. The second-order valence-electron chi connectivity index (χ2n) is 10.6. The fraction of sp³-hybridized carbons (Fsp3) is 0.290. The number of likely N-dealkylation sites (tertiary alicyclic amines) is 1. The summed E-state index contributed by atoms with van der Waals surface area (Å²) in [7, 11) is -3.64. The maximum Gasteiger partial charge on any atom is 0.490 e. The number of pyridine rings is 1. The minimum absolute atomic E-state index is 0.336. The Labute approximate surface area is 294 Å². The Morgan fingerprint density at radius 2 is 1.69 bits per heavy atom. The zero-order chi connectivity index (χ0) is 37.6. The molecule has 6 rings (SSSR count). The number of carbonyl (C=O) groups is 2. The zero-order valence-electron chi connectivity index (χ0n) is 26.3. The van der Waals surface area contributed by atoms with Gasteiger partial charge in [-0.2, -0.15) is 26.3 Å². The highest BCUT2D eigenvalue weighted by Crippen LogP contribution is 2.37. The van der Waals surface area contributed by atoms with Crippen LogP contribution in [0.4, 0.5) is 32.0 Å². The van der Waals surface area contributed by atoms with E-state index in [4.69, 9.17) is 24.8 Å². The van der Waals surface area contributed by atoms with E-state index in [1.165, 1.54) is 26.9 Å². The summed E-state index contributed by atoms with van der Waals surface area (Å²) in [5.41, 5.74) is 3.47. The number of benzene rings is 1. The van der Waals surface area contributed by atoms with Crippen LogP contribution in [-0.2, 0) is 26.2 Å². The van der Waals surface area contributed by atoms with Gasteiger partial charge in [0.2, 0.25) is 0 Å². The van der Waals surface area contributed by atoms with Crippen molar-refractivity contribution in [1.82, 2.24) is 19.9 Å². The number of aliphatic carboxylic acids is 2. The van der Waals surface area contributed by atoms with Gasteiger partial charge in [0, 0.05) is 35.7 Å². The second-order valence-corrected chi connectivity index (χ2v) is 14.8. The molecule has 0 bridgehead atoms. The van der Waals surface area contributed by atoms with Gasteiger partial charge < -0.3 is 15.2 Å². The zero-order valence-corrected chi connectivity index (χ0v) is 28.8. The molecule has 0 aliphatic carbocycles. The highest BCUT2D eigenvalue weighted by atomic mass is 32.2. The van der Waals surface area contributed by atoms with Crippen LogP contribution >= 0.6 is 22.7 Å². The molecular formula is C31H29F6N5O6S3. The Morgan fingerprint density at radius 3 is 2.25 bits per heavy atom. The Kier molecular flexibility index (Phi) is 12.5. The first-order valence-corrected chi connectivity index (χ1v) is 17.9. The number of rotatable bonds is 8. The highest BCUT2D eigenvalue weighted by molar-refractivity contribution is 7.94. The molecule has 1 aliphatic heterocycles. The number of hydrogen-bond acceptors (Lipinski definition) is 9. The number of carboxylic acids is 2. The molecule has 51 heavy (non-hydrogen) atoms. The van der Waals surface area contributed by atoms with Crippen LogP contribution in [0.15, 0.2) is 76.6 Å². The smallest absolute Gasteiger partial charge is 0.475 e. The quantitative estimate of drug-likeness (QED) is 0.135. The third kappa shape index (κ3) is 9.83. The summed E-state index contributed by atoms with van der Waals surface area (Å²) in [6.07, 6.45) is -4.05. The first-order valence-electron chi connectivity index (χ1n) is 14.8. The van der Waals surface area contributed by atoms with Crippen LogP contribution in [0.1, 0.15) is 36.4 Å². The van der Waals surface area contributed by atoms with Crippen molar-refractivity contribution in [2.45, 2.75) is 48.9 Å². The SMILES string of the molecule is CCN(c1cccc2cc(-c3ncc(CN4CCCC4c4ccccn4)s3)[nH]c12)S(=O)(=O)c1cccs1.O=C(O)C(F)(F)F.O=C(O)C(F)(F)F. The molecule has 3 N–H and O–H groups in total. The van der Waals surface area contributed by atoms with E-state index in [1.54, 1.807) is 28.8 Å². The Hall–Kier alpha value is -4.53. The number of fused-ring (bicyclic) bond motifs is 1. The molecule has 0 amide bonds. The number of H-pyrrole nitrogens is 1. The van der Waals surface area contributed by atoms with Gasteiger partial charge in [-0.15, -0.1) is 22.7 Å². The molecule has 1 aromatic carbocycles. The van der Waals surface area contributed by atoms with E-state index in [-0.39, 0.29) is 0 Å². The lowest BCUT2D eigenvalue weighted by atomic mass is 10.1. The van der Waals surface area contributed by atoms with Gasteiger partial charge in [-0.25, -0.2) is 23.0 Å². The molecule has 274 valence electrons. The third-order valence-electron chi connectivity index (χ3n) is 7.25. The molecule has 5 aromatic rings. The number of alkyl halides is 6. The lowest BCUT2D eigenvalue weighted by Gasteiger charge is -2.23. The van der Waals surface area contributed by atoms with Crippen molar-refractivity contribution in [3.05, 3.63) is 82.9 Å². The van der Waals surface area contributed by atoms with Gasteiger partial charge in [0.1, 0.15) is 9.22 Å². The number of thiophene rings is 1. The highest BCUT2D eigenvalue weighted by Gasteiger charge is 2.39. The van der Waals surface area contributed by atoms with E-state index in [0.717, 1.165) is 46.8 Å². The van der Waals surface area contributed by atoms with Gasteiger partial charge in [0.25, 0.3) is 10.0 Å². The van der Waals surface area contributed by atoms with Crippen molar-refractivity contribution in [2.24, 2.45) is 0 Å².